The van der Waals surface area contributed by atoms with E-state index in [9.17, 15) is 0 Å². The lowest BCUT2D eigenvalue weighted by atomic mass is 9.88. The quantitative estimate of drug-likeness (QED) is 0.895. The summed E-state index contributed by atoms with van der Waals surface area (Å²) in [5.41, 5.74) is 0. The lowest BCUT2D eigenvalue weighted by molar-refractivity contribution is 0.0547. The van der Waals surface area contributed by atoms with Crippen molar-refractivity contribution >= 4 is 0 Å². The molecule has 0 aliphatic carbocycles. The topological polar surface area (TPSA) is 47.3 Å². The van der Waals surface area contributed by atoms with Crippen LogP contribution in [-0.4, -0.2) is 23.2 Å². The Morgan fingerprint density at radius 3 is 2.56 bits per heavy atom. The fourth-order valence-corrected chi connectivity index (χ4v) is 2.61. The Kier molecular flexibility index (Phi) is 4.07. The molecule has 18 heavy (non-hydrogen) atoms. The Morgan fingerprint density at radius 2 is 2.00 bits per heavy atom. The van der Waals surface area contributed by atoms with Crippen LogP contribution in [0.3, 0.4) is 0 Å². The molecule has 0 aromatic carbocycles. The molecule has 4 atom stereocenters. The van der Waals surface area contributed by atoms with Crippen molar-refractivity contribution in [2.24, 2.45) is 5.92 Å². The molecule has 0 amide bonds. The zero-order valence-corrected chi connectivity index (χ0v) is 11.9. The summed E-state index contributed by atoms with van der Waals surface area (Å²) in [7, 11) is 0. The first-order chi connectivity index (χ1) is 8.49. The number of hydrogen-bond acceptors (Lipinski definition) is 4. The van der Waals surface area contributed by atoms with E-state index in [4.69, 9.17) is 9.15 Å². The Hall–Kier alpha value is -0.870. The zero-order valence-electron chi connectivity index (χ0n) is 11.9. The largest absolute Gasteiger partial charge is 0.444 e. The summed E-state index contributed by atoms with van der Waals surface area (Å²) in [6, 6.07) is 0.438. The van der Waals surface area contributed by atoms with Gasteiger partial charge in [-0.05, 0) is 19.8 Å². The van der Waals surface area contributed by atoms with Crippen LogP contribution in [0.5, 0.6) is 0 Å². The number of nitrogens with one attached hydrogen (secondary N) is 1. The molecular weight excluding hydrogens is 228 g/mol. The predicted molar refractivity (Wildman–Crippen MR) is 70.4 cm³/mol. The summed E-state index contributed by atoms with van der Waals surface area (Å²) in [5.74, 6) is 2.51. The minimum atomic E-state index is 0.203. The van der Waals surface area contributed by atoms with Crippen molar-refractivity contribution in [3.05, 3.63) is 17.8 Å². The molecule has 102 valence electrons. The highest BCUT2D eigenvalue weighted by molar-refractivity contribution is 5.09. The van der Waals surface area contributed by atoms with E-state index in [1.807, 2.05) is 6.20 Å². The Balaban J connectivity index is 2.05. The van der Waals surface area contributed by atoms with Gasteiger partial charge in [-0.2, -0.15) is 0 Å². The van der Waals surface area contributed by atoms with Gasteiger partial charge in [0.1, 0.15) is 5.76 Å². The number of nitrogens with zero attached hydrogens (tertiary/aromatic N) is 1. The molecular formula is C14H24N2O2. The van der Waals surface area contributed by atoms with E-state index >= 15 is 0 Å². The summed E-state index contributed by atoms with van der Waals surface area (Å²) in [6.07, 6.45) is 2.34. The number of hydrogen-bond donors (Lipinski definition) is 1. The molecule has 4 nitrogen and oxygen atoms in total. The molecule has 0 bridgehead atoms. The van der Waals surface area contributed by atoms with Crippen LogP contribution in [0.2, 0.25) is 0 Å². The van der Waals surface area contributed by atoms with Crippen LogP contribution < -0.4 is 5.32 Å². The number of aromatic nitrogens is 1. The second-order valence-corrected chi connectivity index (χ2v) is 5.62. The highest BCUT2D eigenvalue weighted by Crippen LogP contribution is 2.39. The van der Waals surface area contributed by atoms with Crippen molar-refractivity contribution in [1.82, 2.24) is 10.3 Å². The second-order valence-electron chi connectivity index (χ2n) is 5.62. The minimum absolute atomic E-state index is 0.203. The number of ether oxygens (including phenoxy) is 1. The van der Waals surface area contributed by atoms with Gasteiger partial charge >= 0.3 is 0 Å². The Labute approximate surface area is 109 Å². The van der Waals surface area contributed by atoms with E-state index in [0.29, 0.717) is 24.4 Å². The van der Waals surface area contributed by atoms with Crippen molar-refractivity contribution in [1.29, 1.82) is 0 Å². The molecule has 1 saturated heterocycles. The van der Waals surface area contributed by atoms with Crippen molar-refractivity contribution in [3.63, 3.8) is 0 Å². The van der Waals surface area contributed by atoms with E-state index in [1.54, 1.807) is 0 Å². The highest BCUT2D eigenvalue weighted by atomic mass is 16.5. The minimum Gasteiger partial charge on any atom is -0.444 e. The fraction of sp³-hybridized carbons (Fsp3) is 0.786. The molecule has 0 spiro atoms. The normalized spacial score (nSPS) is 32.3. The van der Waals surface area contributed by atoms with Crippen LogP contribution >= 0.6 is 0 Å². The molecule has 1 fully saturated rings. The first-order valence-electron chi connectivity index (χ1n) is 6.82. The summed E-state index contributed by atoms with van der Waals surface area (Å²) >= 11 is 0. The van der Waals surface area contributed by atoms with Crippen LogP contribution in [0.15, 0.2) is 10.6 Å². The van der Waals surface area contributed by atoms with E-state index in [2.05, 4.69) is 44.9 Å². The Morgan fingerprint density at radius 1 is 1.28 bits per heavy atom. The third-order valence-electron chi connectivity index (χ3n) is 3.80. The maximum Gasteiger partial charge on any atom is 0.208 e. The smallest absolute Gasteiger partial charge is 0.208 e. The second kappa shape index (κ2) is 5.41. The highest BCUT2D eigenvalue weighted by Gasteiger charge is 2.40. The van der Waals surface area contributed by atoms with Crippen LogP contribution in [0.25, 0.3) is 0 Å². The van der Waals surface area contributed by atoms with Gasteiger partial charge in [0.05, 0.1) is 24.9 Å². The molecule has 0 radical (unpaired) electrons. The number of rotatable bonds is 4. The molecule has 1 aliphatic heterocycles. The van der Waals surface area contributed by atoms with Crippen molar-refractivity contribution in [2.75, 3.05) is 0 Å². The molecule has 1 aliphatic rings. The van der Waals surface area contributed by atoms with Gasteiger partial charge in [-0.25, -0.2) is 4.98 Å². The fourth-order valence-electron chi connectivity index (χ4n) is 2.61. The van der Waals surface area contributed by atoms with E-state index < -0.39 is 0 Å². The van der Waals surface area contributed by atoms with E-state index in [0.717, 1.165) is 11.7 Å². The van der Waals surface area contributed by atoms with E-state index in [1.165, 1.54) is 0 Å². The first kappa shape index (κ1) is 13.6. The maximum atomic E-state index is 5.85. The van der Waals surface area contributed by atoms with Crippen molar-refractivity contribution in [2.45, 2.75) is 65.3 Å². The molecule has 4 heteroatoms. The SMILES string of the molecule is CC(C)NCc1ncc(C2C(C)OC(C)C2C)o1. The molecule has 2 heterocycles. The Bertz CT molecular complexity index is 389. The molecule has 4 unspecified atom stereocenters. The van der Waals surface area contributed by atoms with Crippen LogP contribution in [-0.2, 0) is 11.3 Å². The van der Waals surface area contributed by atoms with Gasteiger partial charge in [0.2, 0.25) is 5.89 Å². The van der Waals surface area contributed by atoms with Gasteiger partial charge < -0.3 is 14.5 Å². The third kappa shape index (κ3) is 2.75. The molecule has 1 aromatic heterocycles. The molecule has 1 aromatic rings. The predicted octanol–water partition coefficient (Wildman–Crippen LogP) is 2.70. The summed E-state index contributed by atoms with van der Waals surface area (Å²) in [6.45, 7) is 11.4. The van der Waals surface area contributed by atoms with Crippen LogP contribution in [0.4, 0.5) is 0 Å². The maximum absolute atomic E-state index is 5.85. The lowest BCUT2D eigenvalue weighted by Gasteiger charge is -2.14. The lowest BCUT2D eigenvalue weighted by Crippen LogP contribution is -2.21. The third-order valence-corrected chi connectivity index (χ3v) is 3.80. The van der Waals surface area contributed by atoms with Crippen molar-refractivity contribution in [3.8, 4) is 0 Å². The van der Waals surface area contributed by atoms with Crippen LogP contribution in [0, 0.1) is 5.92 Å². The van der Waals surface area contributed by atoms with Gasteiger partial charge in [-0.3, -0.25) is 0 Å². The number of oxazole rings is 1. The summed E-state index contributed by atoms with van der Waals surface area (Å²) < 4.78 is 11.7. The van der Waals surface area contributed by atoms with E-state index in [-0.39, 0.29) is 12.2 Å². The van der Waals surface area contributed by atoms with Gasteiger partial charge in [0.15, 0.2) is 0 Å². The van der Waals surface area contributed by atoms with Gasteiger partial charge in [-0.15, -0.1) is 0 Å². The van der Waals surface area contributed by atoms with Gasteiger partial charge in [0.25, 0.3) is 0 Å². The van der Waals surface area contributed by atoms with Gasteiger partial charge in [-0.1, -0.05) is 20.8 Å². The average Bonchev–Trinajstić information content (AvgIpc) is 2.83. The van der Waals surface area contributed by atoms with Crippen molar-refractivity contribution < 1.29 is 9.15 Å². The molecule has 2 rings (SSSR count). The zero-order chi connectivity index (χ0) is 13.3. The standard InChI is InChI=1S/C14H24N2O2/c1-8(2)15-7-13-16-6-12(18-13)14-9(3)10(4)17-11(14)5/h6,8-11,14-15H,7H2,1-5H3. The molecule has 0 saturated carbocycles. The average molecular weight is 252 g/mol. The van der Waals surface area contributed by atoms with Gasteiger partial charge in [0, 0.05) is 12.0 Å². The first-order valence-corrected chi connectivity index (χ1v) is 6.82. The summed E-state index contributed by atoms with van der Waals surface area (Å²) in [4.78, 5) is 4.34. The summed E-state index contributed by atoms with van der Waals surface area (Å²) in [5, 5.41) is 3.31. The molecule has 1 N–H and O–H groups in total. The monoisotopic (exact) mass is 252 g/mol. The van der Waals surface area contributed by atoms with Crippen LogP contribution in [0.1, 0.15) is 52.2 Å².